The molecular formula is C24H22N4O2. The van der Waals surface area contributed by atoms with Crippen LogP contribution in [-0.2, 0) is 16.1 Å². The standard InChI is InChI=1S/C24H22N4O2/c1-2-27-14-18(16-8-4-6-10-20(16)27)22-21(23(29)28(12-11-25)24(22)30)17-13-26-19-9-5-3-7-15(17)19/h3-10,13-14,26H,2,11-12,25H2,1H3. The summed E-state index contributed by atoms with van der Waals surface area (Å²) in [6.07, 6.45) is 3.79. The van der Waals surface area contributed by atoms with Gasteiger partial charge >= 0.3 is 0 Å². The topological polar surface area (TPSA) is 84.1 Å². The zero-order valence-corrected chi connectivity index (χ0v) is 16.7. The number of nitrogens with zero attached hydrogens (tertiary/aromatic N) is 2. The van der Waals surface area contributed by atoms with Crippen LogP contribution in [0.25, 0.3) is 33.0 Å². The molecular weight excluding hydrogens is 376 g/mol. The number of rotatable bonds is 5. The maximum absolute atomic E-state index is 13.5. The number of nitrogens with one attached hydrogen (secondary N) is 1. The van der Waals surface area contributed by atoms with Gasteiger partial charge in [-0.05, 0) is 19.1 Å². The van der Waals surface area contributed by atoms with Gasteiger partial charge in [-0.2, -0.15) is 0 Å². The van der Waals surface area contributed by atoms with Crippen molar-refractivity contribution in [3.63, 3.8) is 0 Å². The maximum atomic E-state index is 13.5. The van der Waals surface area contributed by atoms with Crippen LogP contribution in [0.5, 0.6) is 0 Å². The van der Waals surface area contributed by atoms with Crippen LogP contribution < -0.4 is 5.73 Å². The predicted octanol–water partition coefficient (Wildman–Crippen LogP) is 3.38. The number of amides is 2. The minimum Gasteiger partial charge on any atom is -0.361 e. The number of H-pyrrole nitrogens is 1. The quantitative estimate of drug-likeness (QED) is 0.506. The van der Waals surface area contributed by atoms with Crippen molar-refractivity contribution in [1.82, 2.24) is 14.5 Å². The van der Waals surface area contributed by atoms with Crippen LogP contribution in [0.4, 0.5) is 0 Å². The van der Waals surface area contributed by atoms with Gasteiger partial charge in [0.15, 0.2) is 0 Å². The van der Waals surface area contributed by atoms with Gasteiger partial charge in [0.2, 0.25) is 0 Å². The van der Waals surface area contributed by atoms with Crippen molar-refractivity contribution < 1.29 is 9.59 Å². The minimum atomic E-state index is -0.293. The van der Waals surface area contributed by atoms with Gasteiger partial charge in [-0.15, -0.1) is 0 Å². The molecule has 30 heavy (non-hydrogen) atoms. The summed E-state index contributed by atoms with van der Waals surface area (Å²) < 4.78 is 2.11. The Morgan fingerprint density at radius 3 is 2.30 bits per heavy atom. The number of aromatic nitrogens is 2. The molecule has 3 N–H and O–H groups in total. The highest BCUT2D eigenvalue weighted by molar-refractivity contribution is 6.50. The van der Waals surface area contributed by atoms with Crippen molar-refractivity contribution in [3.8, 4) is 0 Å². The molecule has 0 spiro atoms. The van der Waals surface area contributed by atoms with E-state index in [-0.39, 0.29) is 24.9 Å². The Morgan fingerprint density at radius 2 is 1.57 bits per heavy atom. The highest BCUT2D eigenvalue weighted by Crippen LogP contribution is 2.41. The largest absolute Gasteiger partial charge is 0.361 e. The Hall–Kier alpha value is -3.64. The fourth-order valence-corrected chi connectivity index (χ4v) is 4.39. The van der Waals surface area contributed by atoms with E-state index in [9.17, 15) is 9.59 Å². The van der Waals surface area contributed by atoms with E-state index in [0.29, 0.717) is 11.1 Å². The van der Waals surface area contributed by atoms with Crippen molar-refractivity contribution in [2.45, 2.75) is 13.5 Å². The Labute approximate surface area is 173 Å². The van der Waals surface area contributed by atoms with E-state index in [1.807, 2.05) is 60.9 Å². The first kappa shape index (κ1) is 18.4. The van der Waals surface area contributed by atoms with Crippen LogP contribution in [0.2, 0.25) is 0 Å². The summed E-state index contributed by atoms with van der Waals surface area (Å²) in [6.45, 7) is 3.25. The Balaban J connectivity index is 1.84. The van der Waals surface area contributed by atoms with Crippen LogP contribution in [0.3, 0.4) is 0 Å². The highest BCUT2D eigenvalue weighted by Gasteiger charge is 2.40. The van der Waals surface area contributed by atoms with E-state index in [2.05, 4.69) is 16.5 Å². The number of carbonyl (C=O) groups is 2. The predicted molar refractivity (Wildman–Crippen MR) is 118 cm³/mol. The van der Waals surface area contributed by atoms with Crippen molar-refractivity contribution in [1.29, 1.82) is 0 Å². The molecule has 2 amide bonds. The van der Waals surface area contributed by atoms with Gasteiger partial charge in [0, 0.05) is 65.0 Å². The molecule has 0 saturated heterocycles. The van der Waals surface area contributed by atoms with E-state index in [4.69, 9.17) is 5.73 Å². The van der Waals surface area contributed by atoms with Gasteiger partial charge < -0.3 is 15.3 Å². The van der Waals surface area contributed by atoms with E-state index < -0.39 is 0 Å². The lowest BCUT2D eigenvalue weighted by molar-refractivity contribution is -0.135. The molecule has 2 aromatic heterocycles. The Kier molecular flexibility index (Phi) is 4.29. The molecule has 1 aliphatic heterocycles. The van der Waals surface area contributed by atoms with E-state index in [0.717, 1.165) is 39.5 Å². The monoisotopic (exact) mass is 398 g/mol. The Morgan fingerprint density at radius 1 is 0.900 bits per heavy atom. The van der Waals surface area contributed by atoms with Crippen LogP contribution in [0.1, 0.15) is 18.1 Å². The number of benzene rings is 2. The molecule has 4 aromatic rings. The molecule has 6 heteroatoms. The van der Waals surface area contributed by atoms with Crippen LogP contribution in [0.15, 0.2) is 60.9 Å². The number of hydrogen-bond donors (Lipinski definition) is 2. The molecule has 5 rings (SSSR count). The third kappa shape index (κ3) is 2.54. The zero-order valence-electron chi connectivity index (χ0n) is 16.7. The lowest BCUT2D eigenvalue weighted by Gasteiger charge is -2.13. The summed E-state index contributed by atoms with van der Waals surface area (Å²) in [5.74, 6) is -0.580. The van der Waals surface area contributed by atoms with E-state index in [1.54, 1.807) is 0 Å². The van der Waals surface area contributed by atoms with Gasteiger partial charge in [-0.25, -0.2) is 0 Å². The molecule has 0 radical (unpaired) electrons. The summed E-state index contributed by atoms with van der Waals surface area (Å²) in [6, 6.07) is 15.8. The molecule has 0 aliphatic carbocycles. The molecule has 2 aromatic carbocycles. The SMILES string of the molecule is CCn1cc(C2=C(c3c[nH]c4ccccc34)C(=O)N(CCN)C2=O)c2ccccc21. The molecule has 0 saturated carbocycles. The molecule has 0 atom stereocenters. The molecule has 6 nitrogen and oxygen atoms in total. The minimum absolute atomic E-state index is 0.194. The van der Waals surface area contributed by atoms with E-state index >= 15 is 0 Å². The first-order chi connectivity index (χ1) is 14.7. The lowest BCUT2D eigenvalue weighted by Crippen LogP contribution is -2.35. The number of nitrogens with two attached hydrogens (primary N) is 1. The number of imide groups is 1. The molecule has 0 bridgehead atoms. The molecule has 3 heterocycles. The fraction of sp³-hybridized carbons (Fsp3) is 0.167. The third-order valence-corrected chi connectivity index (χ3v) is 5.78. The maximum Gasteiger partial charge on any atom is 0.262 e. The zero-order chi connectivity index (χ0) is 20.8. The number of fused-ring (bicyclic) bond motifs is 2. The fourth-order valence-electron chi connectivity index (χ4n) is 4.39. The van der Waals surface area contributed by atoms with Crippen molar-refractivity contribution >= 4 is 44.8 Å². The van der Waals surface area contributed by atoms with Crippen LogP contribution in [-0.4, -0.2) is 39.4 Å². The van der Waals surface area contributed by atoms with Gasteiger partial charge in [-0.3, -0.25) is 14.5 Å². The van der Waals surface area contributed by atoms with Crippen LogP contribution in [0, 0.1) is 0 Å². The summed E-state index contributed by atoms with van der Waals surface area (Å²) in [4.78, 5) is 31.4. The molecule has 0 fully saturated rings. The number of carbonyl (C=O) groups excluding carboxylic acids is 2. The molecule has 0 unspecified atom stereocenters. The molecule has 150 valence electrons. The smallest absolute Gasteiger partial charge is 0.262 e. The van der Waals surface area contributed by atoms with Crippen LogP contribution >= 0.6 is 0 Å². The normalized spacial score (nSPS) is 14.7. The van der Waals surface area contributed by atoms with Gasteiger partial charge in [0.25, 0.3) is 11.8 Å². The summed E-state index contributed by atoms with van der Waals surface area (Å²) >= 11 is 0. The Bertz CT molecular complexity index is 1340. The van der Waals surface area contributed by atoms with Gasteiger partial charge in [0.05, 0.1) is 11.1 Å². The second-order valence-corrected chi connectivity index (χ2v) is 7.39. The van der Waals surface area contributed by atoms with Gasteiger partial charge in [0.1, 0.15) is 0 Å². The number of hydrogen-bond acceptors (Lipinski definition) is 3. The van der Waals surface area contributed by atoms with Gasteiger partial charge in [-0.1, -0.05) is 36.4 Å². The van der Waals surface area contributed by atoms with Crippen molar-refractivity contribution in [3.05, 3.63) is 72.1 Å². The number of aromatic amines is 1. The number of para-hydroxylation sites is 2. The first-order valence-electron chi connectivity index (χ1n) is 10.1. The summed E-state index contributed by atoms with van der Waals surface area (Å²) in [7, 11) is 0. The first-order valence-corrected chi connectivity index (χ1v) is 10.1. The van der Waals surface area contributed by atoms with Crippen molar-refractivity contribution in [2.75, 3.05) is 13.1 Å². The summed E-state index contributed by atoms with van der Waals surface area (Å²) in [5.41, 5.74) is 10.1. The summed E-state index contributed by atoms with van der Waals surface area (Å²) in [5, 5.41) is 1.88. The van der Waals surface area contributed by atoms with Crippen molar-refractivity contribution in [2.24, 2.45) is 5.73 Å². The highest BCUT2D eigenvalue weighted by atomic mass is 16.2. The number of aryl methyl sites for hydroxylation is 1. The third-order valence-electron chi connectivity index (χ3n) is 5.78. The average molecular weight is 398 g/mol. The van der Waals surface area contributed by atoms with E-state index in [1.165, 1.54) is 4.90 Å². The second kappa shape index (κ2) is 7.00. The molecule has 1 aliphatic rings. The lowest BCUT2D eigenvalue weighted by atomic mass is 9.95. The second-order valence-electron chi connectivity index (χ2n) is 7.39. The average Bonchev–Trinajstić information content (AvgIpc) is 3.42.